The quantitative estimate of drug-likeness (QED) is 0.168. The van der Waals surface area contributed by atoms with Crippen LogP contribution in [0.2, 0.25) is 0 Å². The zero-order chi connectivity index (χ0) is 22.8. The Balaban J connectivity index is 3.26. The third-order valence-electron chi connectivity index (χ3n) is 5.50. The van der Waals surface area contributed by atoms with Crippen LogP contribution in [0, 0.1) is 11.3 Å². The number of hydrogen-bond acceptors (Lipinski definition) is 4. The van der Waals surface area contributed by atoms with Crippen molar-refractivity contribution in [2.45, 2.75) is 110 Å². The first-order chi connectivity index (χ1) is 15.2. The summed E-state index contributed by atoms with van der Waals surface area (Å²) >= 11 is 0. The highest BCUT2D eigenvalue weighted by molar-refractivity contribution is 5.33. The minimum absolute atomic E-state index is 0.0622. The van der Waals surface area contributed by atoms with Gasteiger partial charge in [-0.15, -0.1) is 0 Å². The van der Waals surface area contributed by atoms with Crippen LogP contribution in [-0.4, -0.2) is 25.8 Å². The van der Waals surface area contributed by atoms with Crippen molar-refractivity contribution in [1.82, 2.24) is 0 Å². The molecule has 0 aliphatic rings. The highest BCUT2D eigenvalue weighted by atomic mass is 16.9. The Labute approximate surface area is 191 Å². The first kappa shape index (κ1) is 27.6. The van der Waals surface area contributed by atoms with Gasteiger partial charge in [0, 0.05) is 0 Å². The largest absolute Gasteiger partial charge is 0.327 e. The van der Waals surface area contributed by atoms with Crippen LogP contribution in [0.1, 0.15) is 109 Å². The molecule has 0 saturated carbocycles. The number of hydrogen-bond donors (Lipinski definition) is 0. The van der Waals surface area contributed by atoms with Crippen LogP contribution in [0.5, 0.6) is 0 Å². The van der Waals surface area contributed by atoms with Gasteiger partial charge in [-0.25, -0.2) is 0 Å². The Morgan fingerprint density at radius 1 is 0.774 bits per heavy atom. The van der Waals surface area contributed by atoms with Crippen LogP contribution in [0.3, 0.4) is 0 Å². The summed E-state index contributed by atoms with van der Waals surface area (Å²) in [6.45, 7) is 10.3. The Morgan fingerprint density at radius 2 is 1.32 bits per heavy atom. The summed E-state index contributed by atoms with van der Waals surface area (Å²) in [4.78, 5) is 0. The van der Waals surface area contributed by atoms with Crippen molar-refractivity contribution < 1.29 is 14.2 Å². The van der Waals surface area contributed by atoms with Gasteiger partial charge < -0.3 is 14.2 Å². The van der Waals surface area contributed by atoms with Crippen molar-refractivity contribution in [2.24, 2.45) is 0 Å². The summed E-state index contributed by atoms with van der Waals surface area (Å²) in [5.41, 5.74) is 2.17. The topological polar surface area (TPSA) is 51.5 Å². The smallest absolute Gasteiger partial charge is 0.290 e. The van der Waals surface area contributed by atoms with Gasteiger partial charge in [-0.1, -0.05) is 90.5 Å². The van der Waals surface area contributed by atoms with Gasteiger partial charge in [0.1, 0.15) is 0 Å². The predicted octanol–water partition coefficient (Wildman–Crippen LogP) is 7.52. The third-order valence-corrected chi connectivity index (χ3v) is 5.50. The van der Waals surface area contributed by atoms with E-state index in [4.69, 9.17) is 14.2 Å². The van der Waals surface area contributed by atoms with Crippen LogP contribution in [0.25, 0.3) is 0 Å². The summed E-state index contributed by atoms with van der Waals surface area (Å²) in [6.07, 6.45) is 11.4. The number of benzene rings is 1. The number of nitriles is 1. The second kappa shape index (κ2) is 17.2. The fourth-order valence-corrected chi connectivity index (χ4v) is 3.93. The normalized spacial score (nSPS) is 12.6. The van der Waals surface area contributed by atoms with Crippen LogP contribution in [0.15, 0.2) is 24.3 Å². The van der Waals surface area contributed by atoms with E-state index < -0.39 is 5.97 Å². The summed E-state index contributed by atoms with van der Waals surface area (Å²) in [5.74, 6) is -1.16. The third kappa shape index (κ3) is 9.73. The molecule has 0 aliphatic heterocycles. The molecule has 0 N–H and O–H groups in total. The molecule has 176 valence electrons. The van der Waals surface area contributed by atoms with E-state index in [0.717, 1.165) is 43.2 Å². The van der Waals surface area contributed by atoms with Gasteiger partial charge >= 0.3 is 0 Å². The van der Waals surface area contributed by atoms with Crippen LogP contribution in [-0.2, 0) is 20.6 Å². The standard InChI is InChI=1S/C27H45NO3/c1-5-9-10-11-12-13-18-26(25-17-15-14-16-24(25)19-20-28)27(29-21-6-2,30-22-7-3)31-23-8-4/h14-17,26H,5-13,18-19,21-23H2,1-4H3. The van der Waals surface area contributed by atoms with Gasteiger partial charge in [-0.3, -0.25) is 0 Å². The van der Waals surface area contributed by atoms with Crippen molar-refractivity contribution in [3.05, 3.63) is 35.4 Å². The highest BCUT2D eigenvalue weighted by Crippen LogP contribution is 2.40. The molecule has 0 fully saturated rings. The average molecular weight is 432 g/mol. The number of nitrogens with zero attached hydrogens (tertiary/aromatic N) is 1. The molecule has 0 aliphatic carbocycles. The first-order valence-corrected chi connectivity index (χ1v) is 12.6. The lowest BCUT2D eigenvalue weighted by molar-refractivity contribution is -0.392. The average Bonchev–Trinajstić information content (AvgIpc) is 2.79. The molecule has 1 unspecified atom stereocenters. The van der Waals surface area contributed by atoms with Crippen molar-refractivity contribution in [1.29, 1.82) is 5.26 Å². The molecule has 0 saturated heterocycles. The minimum atomic E-state index is -1.10. The summed E-state index contributed by atoms with van der Waals surface area (Å²) in [7, 11) is 0. The van der Waals surface area contributed by atoms with E-state index >= 15 is 0 Å². The van der Waals surface area contributed by atoms with Gasteiger partial charge in [0.25, 0.3) is 5.97 Å². The Morgan fingerprint density at radius 3 is 1.87 bits per heavy atom. The van der Waals surface area contributed by atoms with Gasteiger partial charge in [0.15, 0.2) is 0 Å². The lowest BCUT2D eigenvalue weighted by Crippen LogP contribution is -2.46. The molecule has 0 spiro atoms. The summed E-state index contributed by atoms with van der Waals surface area (Å²) in [6, 6.07) is 10.6. The lowest BCUT2D eigenvalue weighted by atomic mass is 9.86. The SMILES string of the molecule is CCCCCCCCC(c1ccccc1CC#N)C(OCCC)(OCCC)OCCC. The van der Waals surface area contributed by atoms with Crippen molar-refractivity contribution in [2.75, 3.05) is 19.8 Å². The molecule has 0 bridgehead atoms. The molecule has 0 heterocycles. The summed E-state index contributed by atoms with van der Waals surface area (Å²) < 4.78 is 19.2. The molecule has 31 heavy (non-hydrogen) atoms. The fourth-order valence-electron chi connectivity index (χ4n) is 3.93. The number of ether oxygens (including phenoxy) is 3. The van der Waals surface area contributed by atoms with E-state index in [1.165, 1.54) is 32.1 Å². The van der Waals surface area contributed by atoms with Gasteiger partial charge in [-0.2, -0.15) is 5.26 Å². The second-order valence-electron chi connectivity index (χ2n) is 8.29. The Hall–Kier alpha value is -1.41. The number of unbranched alkanes of at least 4 members (excludes halogenated alkanes) is 5. The zero-order valence-corrected chi connectivity index (χ0v) is 20.5. The molecular weight excluding hydrogens is 386 g/mol. The Bertz CT molecular complexity index is 589. The molecule has 4 nitrogen and oxygen atoms in total. The maximum atomic E-state index is 9.41. The van der Waals surface area contributed by atoms with E-state index in [1.807, 2.05) is 6.07 Å². The van der Waals surface area contributed by atoms with Crippen molar-refractivity contribution in [3.8, 4) is 6.07 Å². The minimum Gasteiger partial charge on any atom is -0.327 e. The Kier molecular flexibility index (Phi) is 15.3. The van der Waals surface area contributed by atoms with Crippen LogP contribution < -0.4 is 0 Å². The van der Waals surface area contributed by atoms with E-state index in [0.29, 0.717) is 26.2 Å². The molecule has 1 rings (SSSR count). The predicted molar refractivity (Wildman–Crippen MR) is 128 cm³/mol. The van der Waals surface area contributed by atoms with Gasteiger partial charge in [0.05, 0.1) is 38.2 Å². The molecule has 4 heteroatoms. The molecule has 1 aromatic carbocycles. The van der Waals surface area contributed by atoms with Gasteiger partial charge in [-0.05, 0) is 36.8 Å². The van der Waals surface area contributed by atoms with E-state index in [9.17, 15) is 5.26 Å². The molecule has 0 radical (unpaired) electrons. The monoisotopic (exact) mass is 431 g/mol. The second-order valence-corrected chi connectivity index (χ2v) is 8.29. The maximum Gasteiger partial charge on any atom is 0.290 e. The fraction of sp³-hybridized carbons (Fsp3) is 0.741. The number of rotatable bonds is 19. The van der Waals surface area contributed by atoms with Crippen LogP contribution in [0.4, 0.5) is 0 Å². The van der Waals surface area contributed by atoms with E-state index in [-0.39, 0.29) is 5.92 Å². The first-order valence-electron chi connectivity index (χ1n) is 12.6. The van der Waals surface area contributed by atoms with E-state index in [2.05, 4.69) is 52.0 Å². The zero-order valence-electron chi connectivity index (χ0n) is 20.5. The molecule has 0 amide bonds. The van der Waals surface area contributed by atoms with Crippen LogP contribution >= 0.6 is 0 Å². The molecule has 0 aromatic heterocycles. The summed E-state index contributed by atoms with van der Waals surface area (Å²) in [5, 5.41) is 9.41. The highest BCUT2D eigenvalue weighted by Gasteiger charge is 2.44. The molecule has 1 atom stereocenters. The lowest BCUT2D eigenvalue weighted by Gasteiger charge is -2.40. The van der Waals surface area contributed by atoms with E-state index in [1.54, 1.807) is 0 Å². The maximum absolute atomic E-state index is 9.41. The van der Waals surface area contributed by atoms with Crippen molar-refractivity contribution in [3.63, 3.8) is 0 Å². The molecular formula is C27H45NO3. The molecule has 1 aromatic rings. The van der Waals surface area contributed by atoms with Crippen molar-refractivity contribution >= 4 is 0 Å². The van der Waals surface area contributed by atoms with Gasteiger partial charge in [0.2, 0.25) is 0 Å².